The minimum Gasteiger partial charge on any atom is -0.309 e. The Morgan fingerprint density at radius 2 is 0.689 bits per heavy atom. The van der Waals surface area contributed by atoms with Gasteiger partial charge < -0.3 is 13.5 Å². The van der Waals surface area contributed by atoms with E-state index in [1.807, 2.05) is 0 Å². The maximum absolute atomic E-state index is 2.52. The van der Waals surface area contributed by atoms with Crippen LogP contribution in [-0.4, -0.2) is 13.5 Å². The minimum atomic E-state index is 1.18. The van der Waals surface area contributed by atoms with Crippen molar-refractivity contribution in [3.8, 4) is 11.4 Å². The Balaban J connectivity index is 1.34. The van der Waals surface area contributed by atoms with Gasteiger partial charge in [0.15, 0.2) is 0 Å². The van der Waals surface area contributed by atoms with Gasteiger partial charge in [0.1, 0.15) is 0 Å². The second kappa shape index (κ2) is 8.31. The highest BCUT2D eigenvalue weighted by Crippen LogP contribution is 2.44. The van der Waals surface area contributed by atoms with E-state index in [1.54, 1.807) is 0 Å². The van der Waals surface area contributed by atoms with Crippen LogP contribution < -0.4 is 0 Å². The van der Waals surface area contributed by atoms with E-state index in [0.29, 0.717) is 0 Å². The first-order valence-corrected chi connectivity index (χ1v) is 15.5. The first-order valence-electron chi connectivity index (χ1n) is 15.5. The molecule has 0 unspecified atom stereocenters. The van der Waals surface area contributed by atoms with Crippen LogP contribution in [-0.2, 0) is 0 Å². The molecule has 0 N–H and O–H groups in total. The summed E-state index contributed by atoms with van der Waals surface area (Å²) in [5, 5.41) is 10.3. The number of hydrogen-bond donors (Lipinski definition) is 0. The molecule has 11 rings (SSSR count). The summed E-state index contributed by atoms with van der Waals surface area (Å²) in [5.74, 6) is 0. The van der Waals surface area contributed by atoms with Crippen LogP contribution in [0.2, 0.25) is 0 Å². The highest BCUT2D eigenvalue weighted by molar-refractivity contribution is 6.28. The molecule has 208 valence electrons. The molecule has 0 saturated heterocycles. The molecular formula is C42H25N3. The van der Waals surface area contributed by atoms with Crippen LogP contribution in [0.1, 0.15) is 0 Å². The second-order valence-corrected chi connectivity index (χ2v) is 12.2. The van der Waals surface area contributed by atoms with Gasteiger partial charge in [-0.1, -0.05) is 91.0 Å². The summed E-state index contributed by atoms with van der Waals surface area (Å²) >= 11 is 0. The lowest BCUT2D eigenvalue weighted by Crippen LogP contribution is -1.93. The summed E-state index contributed by atoms with van der Waals surface area (Å²) in [5.41, 5.74) is 11.1. The zero-order valence-electron chi connectivity index (χ0n) is 24.3. The van der Waals surface area contributed by atoms with Gasteiger partial charge in [0.2, 0.25) is 0 Å². The Hall–Kier alpha value is -6.06. The Labute approximate surface area is 257 Å². The molecular weight excluding hydrogens is 546 g/mol. The summed E-state index contributed by atoms with van der Waals surface area (Å²) in [6.07, 6.45) is 0. The largest absolute Gasteiger partial charge is 0.309 e. The molecule has 0 bridgehead atoms. The third kappa shape index (κ3) is 2.90. The Morgan fingerprint density at radius 3 is 1.31 bits per heavy atom. The van der Waals surface area contributed by atoms with Crippen molar-refractivity contribution in [3.05, 3.63) is 152 Å². The maximum Gasteiger partial charge on any atom is 0.0620 e. The molecule has 0 aliphatic heterocycles. The van der Waals surface area contributed by atoms with Gasteiger partial charge in [-0.15, -0.1) is 0 Å². The van der Waals surface area contributed by atoms with E-state index in [9.17, 15) is 0 Å². The molecule has 0 fully saturated rings. The van der Waals surface area contributed by atoms with Gasteiger partial charge in [0.25, 0.3) is 0 Å². The molecule has 45 heavy (non-hydrogen) atoms. The van der Waals surface area contributed by atoms with E-state index in [-0.39, 0.29) is 0 Å². The quantitative estimate of drug-likeness (QED) is 0.196. The average Bonchev–Trinajstić information content (AvgIpc) is 3.81. The van der Waals surface area contributed by atoms with Gasteiger partial charge in [-0.25, -0.2) is 0 Å². The van der Waals surface area contributed by atoms with Crippen molar-refractivity contribution in [2.75, 3.05) is 0 Å². The fourth-order valence-electron chi connectivity index (χ4n) is 8.11. The maximum atomic E-state index is 2.52. The van der Waals surface area contributed by atoms with Crippen molar-refractivity contribution in [2.24, 2.45) is 0 Å². The lowest BCUT2D eigenvalue weighted by atomic mass is 10.0. The van der Waals surface area contributed by atoms with Crippen molar-refractivity contribution >= 4 is 81.7 Å². The van der Waals surface area contributed by atoms with Crippen molar-refractivity contribution in [3.63, 3.8) is 0 Å². The number of rotatable bonds is 2. The lowest BCUT2D eigenvalue weighted by molar-refractivity contribution is 1.18. The van der Waals surface area contributed by atoms with Gasteiger partial charge >= 0.3 is 0 Å². The summed E-state index contributed by atoms with van der Waals surface area (Å²) < 4.78 is 7.36. The molecule has 0 spiro atoms. The van der Waals surface area contributed by atoms with Crippen LogP contribution in [0.4, 0.5) is 0 Å². The number of hydrogen-bond acceptors (Lipinski definition) is 0. The second-order valence-electron chi connectivity index (χ2n) is 12.2. The van der Waals surface area contributed by atoms with E-state index in [2.05, 4.69) is 165 Å². The van der Waals surface area contributed by atoms with Gasteiger partial charge in [0, 0.05) is 54.5 Å². The number of para-hydroxylation sites is 5. The summed E-state index contributed by atoms with van der Waals surface area (Å²) in [6, 6.07) is 55.6. The number of benzene rings is 7. The number of nitrogens with zero attached hydrogens (tertiary/aromatic N) is 3. The highest BCUT2D eigenvalue weighted by Gasteiger charge is 2.22. The zero-order chi connectivity index (χ0) is 29.2. The third-order valence-corrected chi connectivity index (χ3v) is 9.93. The molecule has 11 aromatic rings. The number of fused-ring (bicyclic) bond motifs is 12. The summed E-state index contributed by atoms with van der Waals surface area (Å²) in [7, 11) is 0. The fourth-order valence-corrected chi connectivity index (χ4v) is 8.11. The molecule has 0 atom stereocenters. The standard InChI is InChI=1S/C42H25N3/c1-3-12-26(13-4-1)43-37-21-10-8-17-29(37)34-23-39-35(24-38(34)43)31-19-11-18-30-33-22-32-28-16-7-9-20-36(28)44(27-14-5-2-6-15-27)40(32)25-41(33)45(39)42(30)31/h1-25H. The molecule has 0 aliphatic rings. The van der Waals surface area contributed by atoms with Crippen LogP contribution in [0.15, 0.2) is 152 Å². The van der Waals surface area contributed by atoms with Gasteiger partial charge in [-0.2, -0.15) is 0 Å². The van der Waals surface area contributed by atoms with Gasteiger partial charge in [0.05, 0.1) is 38.6 Å². The molecule has 0 aliphatic carbocycles. The molecule has 3 nitrogen and oxygen atoms in total. The monoisotopic (exact) mass is 571 g/mol. The smallest absolute Gasteiger partial charge is 0.0620 e. The normalized spacial score (nSPS) is 12.4. The van der Waals surface area contributed by atoms with E-state index in [4.69, 9.17) is 0 Å². The van der Waals surface area contributed by atoms with E-state index in [1.165, 1.54) is 93.1 Å². The van der Waals surface area contributed by atoms with Crippen molar-refractivity contribution in [2.45, 2.75) is 0 Å². The van der Waals surface area contributed by atoms with Crippen LogP contribution in [0, 0.1) is 0 Å². The first kappa shape index (κ1) is 23.4. The average molecular weight is 572 g/mol. The van der Waals surface area contributed by atoms with Crippen LogP contribution in [0.5, 0.6) is 0 Å². The van der Waals surface area contributed by atoms with Crippen LogP contribution in [0.3, 0.4) is 0 Å². The molecule has 4 heterocycles. The van der Waals surface area contributed by atoms with E-state index in [0.717, 1.165) is 0 Å². The van der Waals surface area contributed by atoms with Gasteiger partial charge in [-0.05, 0) is 60.7 Å². The first-order chi connectivity index (χ1) is 22.3. The molecule has 4 aromatic heterocycles. The predicted molar refractivity (Wildman–Crippen MR) is 190 cm³/mol. The zero-order valence-corrected chi connectivity index (χ0v) is 24.3. The molecule has 7 aromatic carbocycles. The summed E-state index contributed by atoms with van der Waals surface area (Å²) in [6.45, 7) is 0. The molecule has 3 heteroatoms. The third-order valence-electron chi connectivity index (χ3n) is 9.93. The van der Waals surface area contributed by atoms with E-state index < -0.39 is 0 Å². The Bertz CT molecular complexity index is 2960. The molecule has 0 radical (unpaired) electrons. The number of aromatic nitrogens is 3. The van der Waals surface area contributed by atoms with Crippen LogP contribution in [0.25, 0.3) is 93.1 Å². The Morgan fingerprint density at radius 1 is 0.267 bits per heavy atom. The van der Waals surface area contributed by atoms with E-state index >= 15 is 0 Å². The molecule has 0 amide bonds. The fraction of sp³-hybridized carbons (Fsp3) is 0. The van der Waals surface area contributed by atoms with Crippen molar-refractivity contribution < 1.29 is 0 Å². The van der Waals surface area contributed by atoms with Crippen molar-refractivity contribution in [1.29, 1.82) is 0 Å². The lowest BCUT2D eigenvalue weighted by Gasteiger charge is -2.08. The highest BCUT2D eigenvalue weighted by atomic mass is 15.0. The Kier molecular flexibility index (Phi) is 4.32. The van der Waals surface area contributed by atoms with Gasteiger partial charge in [-0.3, -0.25) is 0 Å². The van der Waals surface area contributed by atoms with Crippen LogP contribution >= 0.6 is 0 Å². The topological polar surface area (TPSA) is 14.3 Å². The SMILES string of the molecule is c1ccc(-n2c3ccccc3c3cc4c(cc32)c2cccc3c5cc6c7ccccc7n(-c7ccccc7)c6cc5n4c23)cc1. The predicted octanol–water partition coefficient (Wildman–Crippen LogP) is 11.0. The summed E-state index contributed by atoms with van der Waals surface area (Å²) in [4.78, 5) is 0. The minimum absolute atomic E-state index is 1.18. The van der Waals surface area contributed by atoms with Crippen molar-refractivity contribution in [1.82, 2.24) is 13.5 Å². The molecule has 0 saturated carbocycles.